The van der Waals surface area contributed by atoms with Crippen LogP contribution in [0.2, 0.25) is 0 Å². The number of hydrogen-bond donors (Lipinski definition) is 1. The van der Waals surface area contributed by atoms with Crippen LogP contribution in [0.25, 0.3) is 39.5 Å². The van der Waals surface area contributed by atoms with E-state index in [9.17, 15) is 0 Å². The van der Waals surface area contributed by atoms with Crippen LogP contribution in [0.4, 0.5) is 5.69 Å². The molecule has 63 heavy (non-hydrogen) atoms. The number of nitrogens with one attached hydrogen (secondary N) is 1. The van der Waals surface area contributed by atoms with E-state index in [0.29, 0.717) is 5.92 Å². The number of benzene rings is 6. The van der Waals surface area contributed by atoms with Gasteiger partial charge in [0.05, 0.1) is 0 Å². The van der Waals surface area contributed by atoms with Gasteiger partial charge in [-0.15, -0.1) is 0 Å². The van der Waals surface area contributed by atoms with E-state index in [1.165, 1.54) is 90.0 Å². The molecule has 1 nitrogen and oxygen atoms in total. The van der Waals surface area contributed by atoms with Gasteiger partial charge in [0.2, 0.25) is 0 Å². The summed E-state index contributed by atoms with van der Waals surface area (Å²) in [4.78, 5) is 0. The van der Waals surface area contributed by atoms with Gasteiger partial charge < -0.3 is 5.32 Å². The molecule has 0 radical (unpaired) electrons. The van der Waals surface area contributed by atoms with Crippen molar-refractivity contribution in [2.45, 2.75) is 104 Å². The van der Waals surface area contributed by atoms with Gasteiger partial charge in [0.25, 0.3) is 0 Å². The molecule has 6 aromatic carbocycles. The second-order valence-electron chi connectivity index (χ2n) is 18.2. The predicted octanol–water partition coefficient (Wildman–Crippen LogP) is 17.1. The highest BCUT2D eigenvalue weighted by atomic mass is 14.9. The van der Waals surface area contributed by atoms with Crippen molar-refractivity contribution < 1.29 is 0 Å². The number of anilines is 1. The van der Waals surface area contributed by atoms with Gasteiger partial charge in [0.1, 0.15) is 0 Å². The lowest BCUT2D eigenvalue weighted by Crippen LogP contribution is -2.19. The number of hydrogen-bond acceptors (Lipinski definition) is 1. The number of allylic oxidation sites excluding steroid dienone is 8. The lowest BCUT2D eigenvalue weighted by atomic mass is 9.77. The van der Waals surface area contributed by atoms with Crippen molar-refractivity contribution in [2.24, 2.45) is 0 Å². The van der Waals surface area contributed by atoms with Gasteiger partial charge >= 0.3 is 0 Å². The molecule has 2 atom stereocenters. The summed E-state index contributed by atoms with van der Waals surface area (Å²) in [6.45, 7) is 15.6. The Hall–Kier alpha value is -6.18. The molecule has 0 heterocycles. The molecule has 0 spiro atoms. The van der Waals surface area contributed by atoms with Crippen LogP contribution in [0.5, 0.6) is 0 Å². The second kappa shape index (κ2) is 19.1. The first kappa shape index (κ1) is 43.5. The number of aryl methyl sites for hydroxylation is 3. The molecule has 1 heteroatoms. The SMILES string of the molecule is CC.CC1(c2ccc(NC3=CCC4C(=C3)C(C)(C)c3cc(-c5ccc6c(c5)CCC=C6)ccc34)cc2)C=CC=CC1.CCCc1ccccc1-c1cc(-c2ccccc2)ccc1C. The van der Waals surface area contributed by atoms with E-state index in [-0.39, 0.29) is 10.8 Å². The van der Waals surface area contributed by atoms with Gasteiger partial charge in [0, 0.05) is 28.1 Å². The Morgan fingerprint density at radius 1 is 0.683 bits per heavy atom. The van der Waals surface area contributed by atoms with Crippen LogP contribution in [-0.4, -0.2) is 0 Å². The van der Waals surface area contributed by atoms with E-state index in [2.05, 4.69) is 222 Å². The summed E-state index contributed by atoms with van der Waals surface area (Å²) in [5.41, 5.74) is 21.9. The first-order valence-electron chi connectivity index (χ1n) is 23.5. The minimum absolute atomic E-state index is 0.00737. The Morgan fingerprint density at radius 3 is 2.19 bits per heavy atom. The largest absolute Gasteiger partial charge is 0.356 e. The van der Waals surface area contributed by atoms with Gasteiger partial charge in [-0.2, -0.15) is 0 Å². The lowest BCUT2D eigenvalue weighted by Gasteiger charge is -2.28. The Balaban J connectivity index is 0.000000193. The summed E-state index contributed by atoms with van der Waals surface area (Å²) in [6.07, 6.45) is 24.9. The van der Waals surface area contributed by atoms with Crippen LogP contribution in [-0.2, 0) is 23.7 Å². The van der Waals surface area contributed by atoms with Crippen molar-refractivity contribution in [1.29, 1.82) is 0 Å². The highest BCUT2D eigenvalue weighted by molar-refractivity contribution is 5.77. The smallest absolute Gasteiger partial charge is 0.0384 e. The Morgan fingerprint density at radius 2 is 1.41 bits per heavy atom. The van der Waals surface area contributed by atoms with Gasteiger partial charge in [-0.05, 0) is 142 Å². The van der Waals surface area contributed by atoms with Crippen molar-refractivity contribution in [2.75, 3.05) is 5.32 Å². The summed E-state index contributed by atoms with van der Waals surface area (Å²) in [7, 11) is 0. The average Bonchev–Trinajstić information content (AvgIpc) is 3.55. The van der Waals surface area contributed by atoms with Crippen LogP contribution in [0.1, 0.15) is 112 Å². The molecule has 4 aliphatic carbocycles. The first-order valence-corrected chi connectivity index (χ1v) is 23.5. The van der Waals surface area contributed by atoms with E-state index < -0.39 is 0 Å². The van der Waals surface area contributed by atoms with Crippen LogP contribution < -0.4 is 5.32 Å². The Kier molecular flexibility index (Phi) is 13.1. The zero-order valence-corrected chi connectivity index (χ0v) is 38.6. The summed E-state index contributed by atoms with van der Waals surface area (Å²) in [5, 5.41) is 3.71. The van der Waals surface area contributed by atoms with Gasteiger partial charge in [0.15, 0.2) is 0 Å². The molecule has 0 bridgehead atoms. The molecular weight excluding hydrogens is 759 g/mol. The summed E-state index contributed by atoms with van der Waals surface area (Å²) in [5.74, 6) is 0.469. The highest BCUT2D eigenvalue weighted by Gasteiger charge is 2.42. The number of fused-ring (bicyclic) bond motifs is 4. The van der Waals surface area contributed by atoms with Crippen molar-refractivity contribution >= 4 is 11.8 Å². The standard InChI is InChI=1S/C38H37N.C22H22.C2H6/c1-37(2)35-24-29(28-12-11-26-9-5-6-10-27(26)23-28)13-19-33(35)34-20-18-32(25-36(34)37)39-31-16-14-30(15-17-31)38(3)21-7-4-8-22-38;1-3-9-19-12-7-8-13-21(19)22-16-20(15-14-17(22)2)18-10-5-4-6-11-18;1-2/h4-5,7-9,11-19,21,23-25,34,39H,6,10,20,22H2,1-3H3;4-8,10-16H,3,9H2,1-2H3;1-2H3. The van der Waals surface area contributed by atoms with Crippen molar-refractivity contribution in [3.8, 4) is 33.4 Å². The van der Waals surface area contributed by atoms with E-state index in [1.54, 1.807) is 0 Å². The van der Waals surface area contributed by atoms with Crippen molar-refractivity contribution in [3.63, 3.8) is 0 Å². The molecule has 6 aromatic rings. The molecule has 318 valence electrons. The Labute approximate surface area is 378 Å². The van der Waals surface area contributed by atoms with Crippen LogP contribution in [0.3, 0.4) is 0 Å². The quantitative estimate of drug-likeness (QED) is 0.161. The normalized spacial score (nSPS) is 18.6. The fourth-order valence-electron chi connectivity index (χ4n) is 10.1. The topological polar surface area (TPSA) is 12.0 Å². The molecular formula is C62H65N. The zero-order chi connectivity index (χ0) is 44.0. The molecule has 0 aromatic heterocycles. The van der Waals surface area contributed by atoms with Gasteiger partial charge in [-0.1, -0.05) is 205 Å². The van der Waals surface area contributed by atoms with E-state index in [1.807, 2.05) is 13.8 Å². The average molecular weight is 824 g/mol. The molecule has 0 saturated heterocycles. The zero-order valence-electron chi connectivity index (χ0n) is 38.6. The molecule has 0 fully saturated rings. The molecule has 1 N–H and O–H groups in total. The van der Waals surface area contributed by atoms with E-state index in [4.69, 9.17) is 0 Å². The van der Waals surface area contributed by atoms with Crippen molar-refractivity contribution in [1.82, 2.24) is 0 Å². The van der Waals surface area contributed by atoms with Crippen LogP contribution in [0, 0.1) is 6.92 Å². The maximum Gasteiger partial charge on any atom is 0.0384 e. The molecule has 0 aliphatic heterocycles. The molecule has 10 rings (SSSR count). The number of rotatable bonds is 8. The molecule has 2 unspecified atom stereocenters. The van der Waals surface area contributed by atoms with Crippen LogP contribution in [0.15, 0.2) is 187 Å². The Bertz CT molecular complexity index is 2720. The second-order valence-corrected chi connectivity index (χ2v) is 18.2. The fourth-order valence-corrected chi connectivity index (χ4v) is 10.1. The monoisotopic (exact) mass is 824 g/mol. The maximum atomic E-state index is 3.71. The summed E-state index contributed by atoms with van der Waals surface area (Å²) < 4.78 is 0. The third kappa shape index (κ3) is 9.17. The maximum absolute atomic E-state index is 3.71. The third-order valence-electron chi connectivity index (χ3n) is 13.7. The third-order valence-corrected chi connectivity index (χ3v) is 13.7. The highest BCUT2D eigenvalue weighted by Crippen LogP contribution is 2.54. The van der Waals surface area contributed by atoms with Crippen molar-refractivity contribution in [3.05, 3.63) is 226 Å². The molecule has 4 aliphatic rings. The molecule has 0 amide bonds. The lowest BCUT2D eigenvalue weighted by molar-refractivity contribution is 0.600. The predicted molar refractivity (Wildman–Crippen MR) is 273 cm³/mol. The molecule has 0 saturated carbocycles. The minimum Gasteiger partial charge on any atom is -0.356 e. The van der Waals surface area contributed by atoms with Gasteiger partial charge in [-0.25, -0.2) is 0 Å². The minimum atomic E-state index is 0.00737. The van der Waals surface area contributed by atoms with E-state index in [0.717, 1.165) is 37.8 Å². The van der Waals surface area contributed by atoms with E-state index >= 15 is 0 Å². The van der Waals surface area contributed by atoms with Gasteiger partial charge in [-0.3, -0.25) is 0 Å². The summed E-state index contributed by atoms with van der Waals surface area (Å²) in [6, 6.07) is 49.4. The first-order chi connectivity index (χ1) is 30.7. The fraction of sp³-hybridized carbons (Fsp3) is 0.258. The van der Waals surface area contributed by atoms with Crippen LogP contribution >= 0.6 is 0 Å². The summed E-state index contributed by atoms with van der Waals surface area (Å²) >= 11 is 0.